The SMILES string of the molecule is CC(=O)N1C=Cc2[nH]ncc3cc(C(=O)N[C@H](CN4CCCC4)c4ccccc4)c(c2-3)C1. The van der Waals surface area contributed by atoms with Gasteiger partial charge in [0.25, 0.3) is 5.91 Å². The quantitative estimate of drug-likeness (QED) is 0.651. The van der Waals surface area contributed by atoms with Gasteiger partial charge in [-0.05, 0) is 49.2 Å². The smallest absolute Gasteiger partial charge is 0.252 e. The van der Waals surface area contributed by atoms with Crippen LogP contribution in [0.3, 0.4) is 0 Å². The minimum absolute atomic E-state index is 0.0704. The van der Waals surface area contributed by atoms with Crippen molar-refractivity contribution in [2.24, 2.45) is 0 Å². The highest BCUT2D eigenvalue weighted by molar-refractivity contribution is 6.02. The highest BCUT2D eigenvalue weighted by Crippen LogP contribution is 2.37. The largest absolute Gasteiger partial charge is 0.344 e. The van der Waals surface area contributed by atoms with Crippen LogP contribution in [0, 0.1) is 0 Å². The highest BCUT2D eigenvalue weighted by Gasteiger charge is 2.29. The van der Waals surface area contributed by atoms with Crippen molar-refractivity contribution in [3.8, 4) is 11.1 Å². The molecule has 4 aliphatic rings. The van der Waals surface area contributed by atoms with Gasteiger partial charge in [0.05, 0.1) is 24.5 Å². The van der Waals surface area contributed by atoms with E-state index in [0.29, 0.717) is 12.1 Å². The average Bonchev–Trinajstić information content (AvgIpc) is 3.39. The van der Waals surface area contributed by atoms with Gasteiger partial charge >= 0.3 is 0 Å². The van der Waals surface area contributed by atoms with E-state index >= 15 is 0 Å². The molecule has 1 aromatic carbocycles. The first-order valence-corrected chi connectivity index (χ1v) is 11.1. The van der Waals surface area contributed by atoms with Crippen molar-refractivity contribution in [2.75, 3.05) is 19.6 Å². The van der Waals surface area contributed by atoms with E-state index < -0.39 is 0 Å². The van der Waals surface area contributed by atoms with Gasteiger partial charge in [-0.3, -0.25) is 14.7 Å². The first-order chi connectivity index (χ1) is 15.6. The molecule has 0 unspecified atom stereocenters. The lowest BCUT2D eigenvalue weighted by Gasteiger charge is -2.25. The van der Waals surface area contributed by atoms with Crippen LogP contribution >= 0.6 is 0 Å². The molecular weight excluding hydrogens is 402 g/mol. The van der Waals surface area contributed by atoms with Crippen molar-refractivity contribution in [3.05, 3.63) is 71.2 Å². The number of aromatic amines is 1. The molecule has 7 nitrogen and oxygen atoms in total. The molecule has 164 valence electrons. The first kappa shape index (κ1) is 20.5. The van der Waals surface area contributed by atoms with Gasteiger partial charge < -0.3 is 15.1 Å². The van der Waals surface area contributed by atoms with Gasteiger partial charge in [-0.15, -0.1) is 0 Å². The number of carbonyl (C=O) groups is 2. The lowest BCUT2D eigenvalue weighted by atomic mass is 10.0. The maximum atomic E-state index is 13.6. The van der Waals surface area contributed by atoms with Gasteiger partial charge in [0, 0.05) is 36.4 Å². The Hall–Kier alpha value is -3.45. The third-order valence-electron chi connectivity index (χ3n) is 6.42. The van der Waals surface area contributed by atoms with E-state index in [1.54, 1.807) is 17.3 Å². The van der Waals surface area contributed by atoms with Crippen LogP contribution in [0.2, 0.25) is 0 Å². The van der Waals surface area contributed by atoms with Gasteiger partial charge in [0.1, 0.15) is 0 Å². The zero-order valence-corrected chi connectivity index (χ0v) is 18.2. The lowest BCUT2D eigenvalue weighted by Crippen LogP contribution is -2.37. The normalized spacial score (nSPS) is 16.8. The second kappa shape index (κ2) is 8.59. The summed E-state index contributed by atoms with van der Waals surface area (Å²) in [5.41, 5.74) is 5.18. The topological polar surface area (TPSA) is 81.3 Å². The number of amides is 2. The molecule has 1 saturated heterocycles. The molecule has 2 amide bonds. The van der Waals surface area contributed by atoms with Gasteiger partial charge in [-0.1, -0.05) is 30.3 Å². The van der Waals surface area contributed by atoms with Crippen LogP contribution in [-0.2, 0) is 11.3 Å². The lowest BCUT2D eigenvalue weighted by molar-refractivity contribution is -0.126. The molecule has 1 fully saturated rings. The highest BCUT2D eigenvalue weighted by atomic mass is 16.2. The Balaban J connectivity index is 1.49. The van der Waals surface area contributed by atoms with Gasteiger partial charge in [0.15, 0.2) is 0 Å². The van der Waals surface area contributed by atoms with Crippen molar-refractivity contribution >= 4 is 17.9 Å². The molecule has 0 radical (unpaired) electrons. The Kier molecular flexibility index (Phi) is 5.49. The fraction of sp³-hybridized carbons (Fsp3) is 0.320. The fourth-order valence-electron chi connectivity index (χ4n) is 4.74. The Bertz CT molecular complexity index is 1130. The van der Waals surface area contributed by atoms with Crippen molar-refractivity contribution in [1.82, 2.24) is 25.3 Å². The third-order valence-corrected chi connectivity index (χ3v) is 6.42. The van der Waals surface area contributed by atoms with Crippen molar-refractivity contribution < 1.29 is 9.59 Å². The summed E-state index contributed by atoms with van der Waals surface area (Å²) in [5.74, 6) is -0.195. The molecule has 0 aromatic heterocycles. The molecule has 0 bridgehead atoms. The van der Waals surface area contributed by atoms with E-state index in [1.807, 2.05) is 30.3 Å². The van der Waals surface area contributed by atoms with Crippen LogP contribution in [0.4, 0.5) is 0 Å². The van der Waals surface area contributed by atoms with Gasteiger partial charge in [0.2, 0.25) is 5.91 Å². The second-order valence-electron chi connectivity index (χ2n) is 8.56. The van der Waals surface area contributed by atoms with E-state index in [-0.39, 0.29) is 17.9 Å². The Morgan fingerprint density at radius 2 is 1.97 bits per heavy atom. The van der Waals surface area contributed by atoms with Crippen molar-refractivity contribution in [1.29, 1.82) is 0 Å². The van der Waals surface area contributed by atoms with Crippen molar-refractivity contribution in [2.45, 2.75) is 32.4 Å². The number of likely N-dealkylation sites (tertiary alicyclic amines) is 1. The zero-order chi connectivity index (χ0) is 22.1. The molecule has 5 rings (SSSR count). The number of nitrogens with zero attached hydrogens (tertiary/aromatic N) is 3. The van der Waals surface area contributed by atoms with Crippen molar-refractivity contribution in [3.63, 3.8) is 0 Å². The number of carbonyl (C=O) groups excluding carboxylic acids is 2. The summed E-state index contributed by atoms with van der Waals surface area (Å²) in [7, 11) is 0. The summed E-state index contributed by atoms with van der Waals surface area (Å²) in [4.78, 5) is 29.7. The number of hydrogen-bond donors (Lipinski definition) is 2. The molecule has 1 atom stereocenters. The summed E-state index contributed by atoms with van der Waals surface area (Å²) in [6.07, 6.45) is 7.73. The number of benzene rings is 1. The molecule has 2 N–H and O–H groups in total. The maximum absolute atomic E-state index is 13.6. The Morgan fingerprint density at radius 3 is 2.72 bits per heavy atom. The monoisotopic (exact) mass is 429 g/mol. The summed E-state index contributed by atoms with van der Waals surface area (Å²) in [6, 6.07) is 11.9. The third kappa shape index (κ3) is 3.91. The number of rotatable bonds is 5. The molecule has 32 heavy (non-hydrogen) atoms. The first-order valence-electron chi connectivity index (χ1n) is 11.1. The molecule has 1 aromatic rings. The van der Waals surface area contributed by atoms with Gasteiger partial charge in [-0.25, -0.2) is 0 Å². The van der Waals surface area contributed by atoms with E-state index in [0.717, 1.165) is 47.6 Å². The number of nitrogens with one attached hydrogen (secondary N) is 2. The summed E-state index contributed by atoms with van der Waals surface area (Å²) in [6.45, 7) is 4.80. The molecule has 7 heteroatoms. The zero-order valence-electron chi connectivity index (χ0n) is 18.2. The standard InChI is InChI=1S/C25H27N5O2/c1-17(31)30-12-9-22-24-19(14-26-28-22)13-20(21(24)15-30)25(32)27-23(16-29-10-5-6-11-29)18-7-3-2-4-8-18/h2-4,7-9,12-14,23,28H,5-6,10-11,15-16H2,1H3,(H,27,32)/t23-/m1/s1. The molecular formula is C25H27N5O2. The summed E-state index contributed by atoms with van der Waals surface area (Å²) < 4.78 is 0. The maximum Gasteiger partial charge on any atom is 0.252 e. The molecule has 3 heterocycles. The molecule has 1 aliphatic carbocycles. The minimum atomic E-state index is -0.124. The Labute approximate surface area is 187 Å². The predicted molar refractivity (Wildman–Crippen MR) is 123 cm³/mol. The number of aromatic nitrogens is 2. The van der Waals surface area contributed by atoms with Gasteiger partial charge in [-0.2, -0.15) is 5.10 Å². The van der Waals surface area contributed by atoms with Crippen LogP contribution in [0.1, 0.15) is 53.0 Å². The average molecular weight is 430 g/mol. The van der Waals surface area contributed by atoms with Crippen LogP contribution in [0.5, 0.6) is 0 Å². The van der Waals surface area contributed by atoms with E-state index in [4.69, 9.17) is 0 Å². The minimum Gasteiger partial charge on any atom is -0.344 e. The van der Waals surface area contributed by atoms with Crippen LogP contribution in [0.15, 0.2) is 48.8 Å². The van der Waals surface area contributed by atoms with E-state index in [9.17, 15) is 9.59 Å². The molecule has 0 spiro atoms. The predicted octanol–water partition coefficient (Wildman–Crippen LogP) is 3.41. The summed E-state index contributed by atoms with van der Waals surface area (Å²) in [5, 5.41) is 10.5. The van der Waals surface area contributed by atoms with E-state index in [1.165, 1.54) is 19.8 Å². The van der Waals surface area contributed by atoms with Crippen LogP contribution in [-0.4, -0.2) is 51.4 Å². The molecule has 0 saturated carbocycles. The molecule has 3 aliphatic heterocycles. The second-order valence-corrected chi connectivity index (χ2v) is 8.56. The van der Waals surface area contributed by atoms with E-state index in [2.05, 4.69) is 32.5 Å². The number of H-pyrrole nitrogens is 1. The number of hydrogen-bond acceptors (Lipinski definition) is 4. The van der Waals surface area contributed by atoms with Crippen LogP contribution in [0.25, 0.3) is 17.2 Å². The fourth-order valence-corrected chi connectivity index (χ4v) is 4.74. The summed E-state index contributed by atoms with van der Waals surface area (Å²) >= 11 is 0. The van der Waals surface area contributed by atoms with Crippen LogP contribution < -0.4 is 5.32 Å². The Morgan fingerprint density at radius 1 is 1.19 bits per heavy atom.